The predicted molar refractivity (Wildman–Crippen MR) is 67.4 cm³/mol. The Balaban J connectivity index is 2.26. The zero-order valence-corrected chi connectivity index (χ0v) is 11.0. The zero-order valence-electron chi connectivity index (χ0n) is 11.0. The molecule has 1 aliphatic rings. The summed E-state index contributed by atoms with van der Waals surface area (Å²) in [5.41, 5.74) is 0.477. The number of likely N-dealkylation sites (N-methyl/N-ethyl adjacent to an activating group) is 1. The van der Waals surface area contributed by atoms with Gasteiger partial charge in [-0.2, -0.15) is 0 Å². The minimum absolute atomic E-state index is 0.201. The molecule has 0 heterocycles. The zero-order chi connectivity index (χ0) is 12.0. The number of nitrogens with zero attached hydrogens (tertiary/aromatic N) is 1. The van der Waals surface area contributed by atoms with Crippen molar-refractivity contribution >= 4 is 5.91 Å². The van der Waals surface area contributed by atoms with Gasteiger partial charge in [-0.3, -0.25) is 4.79 Å². The van der Waals surface area contributed by atoms with Crippen LogP contribution in [0.5, 0.6) is 0 Å². The molecule has 1 amide bonds. The first-order valence-corrected chi connectivity index (χ1v) is 6.58. The molecule has 0 aromatic carbocycles. The van der Waals surface area contributed by atoms with Crippen LogP contribution in [-0.2, 0) is 4.79 Å². The Kier molecular flexibility index (Phi) is 5.26. The van der Waals surface area contributed by atoms with Crippen LogP contribution in [0.25, 0.3) is 0 Å². The maximum atomic E-state index is 11.6. The molecule has 0 saturated heterocycles. The molecular weight excluding hydrogens is 200 g/mol. The fourth-order valence-electron chi connectivity index (χ4n) is 2.53. The van der Waals surface area contributed by atoms with Crippen LogP contribution in [0.3, 0.4) is 0 Å². The Morgan fingerprint density at radius 3 is 2.44 bits per heavy atom. The lowest BCUT2D eigenvalue weighted by atomic mass is 9.83. The van der Waals surface area contributed by atoms with E-state index in [-0.39, 0.29) is 5.91 Å². The molecule has 94 valence electrons. The topological polar surface area (TPSA) is 32.3 Å². The minimum Gasteiger partial charge on any atom is -0.345 e. The lowest BCUT2D eigenvalue weighted by molar-refractivity contribution is -0.128. The molecule has 1 N–H and O–H groups in total. The Bertz CT molecular complexity index is 222. The fraction of sp³-hybridized carbons (Fsp3) is 0.923. The summed E-state index contributed by atoms with van der Waals surface area (Å²) in [5, 5.41) is 3.34. The van der Waals surface area contributed by atoms with Gasteiger partial charge in [-0.25, -0.2) is 0 Å². The molecule has 0 unspecified atom stereocenters. The van der Waals surface area contributed by atoms with E-state index in [9.17, 15) is 4.79 Å². The van der Waals surface area contributed by atoms with E-state index in [0.717, 1.165) is 13.1 Å². The van der Waals surface area contributed by atoms with E-state index in [1.807, 2.05) is 14.0 Å². The second-order valence-electron chi connectivity index (χ2n) is 5.07. The van der Waals surface area contributed by atoms with Crippen molar-refractivity contribution in [1.29, 1.82) is 0 Å². The van der Waals surface area contributed by atoms with Gasteiger partial charge < -0.3 is 10.2 Å². The number of hydrogen-bond acceptors (Lipinski definition) is 2. The molecule has 3 nitrogen and oxygen atoms in total. The molecule has 0 atom stereocenters. The largest absolute Gasteiger partial charge is 0.345 e. The molecule has 1 aliphatic carbocycles. The highest BCUT2D eigenvalue weighted by Crippen LogP contribution is 2.40. The van der Waals surface area contributed by atoms with Crippen molar-refractivity contribution < 1.29 is 4.79 Å². The van der Waals surface area contributed by atoms with Gasteiger partial charge in [0.15, 0.2) is 0 Å². The highest BCUT2D eigenvalue weighted by atomic mass is 16.2. The van der Waals surface area contributed by atoms with E-state index in [1.165, 1.54) is 32.1 Å². The number of carbonyl (C=O) groups excluding carboxylic acids is 1. The van der Waals surface area contributed by atoms with Crippen molar-refractivity contribution in [1.82, 2.24) is 10.2 Å². The predicted octanol–water partition coefficient (Wildman–Crippen LogP) is 2.02. The third kappa shape index (κ3) is 3.48. The molecule has 3 heteroatoms. The van der Waals surface area contributed by atoms with Gasteiger partial charge in [0.25, 0.3) is 0 Å². The molecule has 16 heavy (non-hydrogen) atoms. The Morgan fingerprint density at radius 1 is 1.31 bits per heavy atom. The lowest BCUT2D eigenvalue weighted by Crippen LogP contribution is -2.39. The first-order chi connectivity index (χ1) is 7.63. The number of rotatable bonds is 6. The first-order valence-electron chi connectivity index (χ1n) is 6.58. The van der Waals surface area contributed by atoms with E-state index >= 15 is 0 Å². The molecule has 1 fully saturated rings. The third-order valence-corrected chi connectivity index (χ3v) is 4.09. The van der Waals surface area contributed by atoms with Crippen molar-refractivity contribution in [3.05, 3.63) is 0 Å². The van der Waals surface area contributed by atoms with Crippen LogP contribution < -0.4 is 5.32 Å². The molecule has 1 rings (SSSR count). The van der Waals surface area contributed by atoms with Crippen LogP contribution in [-0.4, -0.2) is 37.5 Å². The second kappa shape index (κ2) is 6.24. The summed E-state index contributed by atoms with van der Waals surface area (Å²) in [6, 6.07) is 0. The van der Waals surface area contributed by atoms with Crippen LogP contribution in [0.4, 0.5) is 0 Å². The number of carbonyl (C=O) groups is 1. The normalized spacial score (nSPS) is 18.7. The SMILES string of the molecule is CCN(C)C(=O)CNCC1(CC)CCCC1. The molecule has 0 aromatic rings. The molecule has 0 bridgehead atoms. The summed E-state index contributed by atoms with van der Waals surface area (Å²) in [7, 11) is 1.86. The quantitative estimate of drug-likeness (QED) is 0.751. The lowest BCUT2D eigenvalue weighted by Gasteiger charge is -2.28. The van der Waals surface area contributed by atoms with Gasteiger partial charge in [0.1, 0.15) is 0 Å². The van der Waals surface area contributed by atoms with Gasteiger partial charge in [-0.05, 0) is 31.6 Å². The summed E-state index contributed by atoms with van der Waals surface area (Å²) < 4.78 is 0. The van der Waals surface area contributed by atoms with Gasteiger partial charge in [-0.1, -0.05) is 19.8 Å². The summed E-state index contributed by atoms with van der Waals surface area (Å²) in [6.07, 6.45) is 6.61. The van der Waals surface area contributed by atoms with Gasteiger partial charge in [0.05, 0.1) is 6.54 Å². The smallest absolute Gasteiger partial charge is 0.236 e. The standard InChI is InChI=1S/C13H26N2O/c1-4-13(8-6-7-9-13)11-14-10-12(16)15(3)5-2/h14H,4-11H2,1-3H3. The van der Waals surface area contributed by atoms with Crippen LogP contribution in [0.1, 0.15) is 46.0 Å². The van der Waals surface area contributed by atoms with Gasteiger partial charge in [0, 0.05) is 20.1 Å². The van der Waals surface area contributed by atoms with Crippen LogP contribution in [0.2, 0.25) is 0 Å². The Hall–Kier alpha value is -0.570. The van der Waals surface area contributed by atoms with E-state index in [1.54, 1.807) is 4.90 Å². The maximum absolute atomic E-state index is 11.6. The average Bonchev–Trinajstić information content (AvgIpc) is 2.77. The van der Waals surface area contributed by atoms with Crippen molar-refractivity contribution in [3.8, 4) is 0 Å². The number of nitrogens with one attached hydrogen (secondary N) is 1. The minimum atomic E-state index is 0.201. The second-order valence-corrected chi connectivity index (χ2v) is 5.07. The Labute approximate surface area is 99.6 Å². The van der Waals surface area contributed by atoms with E-state index < -0.39 is 0 Å². The highest BCUT2D eigenvalue weighted by molar-refractivity contribution is 5.77. The number of hydrogen-bond donors (Lipinski definition) is 1. The van der Waals surface area contributed by atoms with Crippen LogP contribution >= 0.6 is 0 Å². The molecule has 0 aromatic heterocycles. The van der Waals surface area contributed by atoms with Crippen molar-refractivity contribution in [2.24, 2.45) is 5.41 Å². The summed E-state index contributed by atoms with van der Waals surface area (Å²) in [6.45, 7) is 6.56. The molecule has 0 spiro atoms. The fourth-order valence-corrected chi connectivity index (χ4v) is 2.53. The average molecular weight is 226 g/mol. The summed E-state index contributed by atoms with van der Waals surface area (Å²) in [4.78, 5) is 13.4. The van der Waals surface area contributed by atoms with Gasteiger partial charge in [0.2, 0.25) is 5.91 Å². The van der Waals surface area contributed by atoms with E-state index in [0.29, 0.717) is 12.0 Å². The van der Waals surface area contributed by atoms with Gasteiger partial charge in [-0.15, -0.1) is 0 Å². The van der Waals surface area contributed by atoms with E-state index in [4.69, 9.17) is 0 Å². The van der Waals surface area contributed by atoms with Crippen molar-refractivity contribution in [2.75, 3.05) is 26.7 Å². The van der Waals surface area contributed by atoms with Crippen molar-refractivity contribution in [2.45, 2.75) is 46.0 Å². The van der Waals surface area contributed by atoms with E-state index in [2.05, 4.69) is 12.2 Å². The van der Waals surface area contributed by atoms with Crippen LogP contribution in [0, 0.1) is 5.41 Å². The summed E-state index contributed by atoms with van der Waals surface area (Å²) in [5.74, 6) is 0.201. The third-order valence-electron chi connectivity index (χ3n) is 4.09. The first kappa shape index (κ1) is 13.5. The molecular formula is C13H26N2O. The molecule has 0 radical (unpaired) electrons. The summed E-state index contributed by atoms with van der Waals surface area (Å²) >= 11 is 0. The molecule has 1 saturated carbocycles. The Morgan fingerprint density at radius 2 is 1.94 bits per heavy atom. The van der Waals surface area contributed by atoms with Gasteiger partial charge >= 0.3 is 0 Å². The monoisotopic (exact) mass is 226 g/mol. The van der Waals surface area contributed by atoms with Crippen molar-refractivity contribution in [3.63, 3.8) is 0 Å². The maximum Gasteiger partial charge on any atom is 0.236 e. The molecule has 0 aliphatic heterocycles. The number of amides is 1. The van der Waals surface area contributed by atoms with Crippen LogP contribution in [0.15, 0.2) is 0 Å². The highest BCUT2D eigenvalue weighted by Gasteiger charge is 2.31.